The van der Waals surface area contributed by atoms with Gasteiger partial charge in [-0.2, -0.15) is 0 Å². The molecule has 0 fully saturated rings. The number of hydrogen-bond donors (Lipinski definition) is 2. The van der Waals surface area contributed by atoms with E-state index in [2.05, 4.69) is 14.8 Å². The highest BCUT2D eigenvalue weighted by Crippen LogP contribution is 2.36. The second-order valence-electron chi connectivity index (χ2n) is 8.18. The zero-order valence-corrected chi connectivity index (χ0v) is 23.7. The van der Waals surface area contributed by atoms with Crippen molar-refractivity contribution in [2.24, 2.45) is 5.92 Å². The van der Waals surface area contributed by atoms with E-state index >= 15 is 0 Å². The summed E-state index contributed by atoms with van der Waals surface area (Å²) in [5.41, 5.74) is -0.00305. The standard InChI is InChI=1S/C22H29F3N3O7PS2/c1-5-14(3)20(27-37(4,30)31)21(29)26-15-10-11-19(18(12-15)34-6-2)38(32,33)28(36)16-8-7-9-17(13-16)35-22(23,24)25/h7-14,20,27H,5-6,36H2,1-4H3,(H,26,29)/t14?,20-/m0/s1. The largest absolute Gasteiger partial charge is 0.573 e. The van der Waals surface area contributed by atoms with Crippen LogP contribution in [0.4, 0.5) is 24.5 Å². The fourth-order valence-corrected chi connectivity index (χ4v) is 5.76. The first-order valence-electron chi connectivity index (χ1n) is 11.2. The molecule has 0 aromatic heterocycles. The van der Waals surface area contributed by atoms with Crippen molar-refractivity contribution >= 4 is 46.7 Å². The lowest BCUT2D eigenvalue weighted by molar-refractivity contribution is -0.274. The van der Waals surface area contributed by atoms with Crippen LogP contribution in [0, 0.1) is 5.92 Å². The van der Waals surface area contributed by atoms with E-state index in [4.69, 9.17) is 4.74 Å². The molecule has 2 rings (SSSR count). The van der Waals surface area contributed by atoms with Gasteiger partial charge in [0.15, 0.2) is 0 Å². The van der Waals surface area contributed by atoms with Crippen molar-refractivity contribution in [3.63, 3.8) is 0 Å². The first-order valence-corrected chi connectivity index (χ1v) is 15.0. The molecule has 2 aromatic rings. The lowest BCUT2D eigenvalue weighted by Gasteiger charge is -2.24. The second-order valence-corrected chi connectivity index (χ2v) is 12.6. The van der Waals surface area contributed by atoms with Gasteiger partial charge in [-0.3, -0.25) is 8.87 Å². The molecular weight excluding hydrogens is 570 g/mol. The Morgan fingerprint density at radius 2 is 1.76 bits per heavy atom. The summed E-state index contributed by atoms with van der Waals surface area (Å²) in [5.74, 6) is -1.76. The maximum Gasteiger partial charge on any atom is 0.573 e. The summed E-state index contributed by atoms with van der Waals surface area (Å²) in [6, 6.07) is 7.00. The summed E-state index contributed by atoms with van der Waals surface area (Å²) in [6.07, 6.45) is -3.53. The minimum atomic E-state index is -4.96. The molecule has 0 bridgehead atoms. The van der Waals surface area contributed by atoms with Gasteiger partial charge in [-0.1, -0.05) is 26.3 Å². The number of alkyl halides is 3. The number of carbonyl (C=O) groups excluding carboxylic acids is 1. The van der Waals surface area contributed by atoms with E-state index in [1.165, 1.54) is 24.3 Å². The molecule has 0 aliphatic carbocycles. The maximum absolute atomic E-state index is 13.3. The van der Waals surface area contributed by atoms with E-state index in [0.717, 1.165) is 24.5 Å². The molecule has 38 heavy (non-hydrogen) atoms. The molecule has 0 aliphatic heterocycles. The zero-order valence-electron chi connectivity index (χ0n) is 20.9. The van der Waals surface area contributed by atoms with Crippen LogP contribution in [-0.4, -0.2) is 48.0 Å². The minimum absolute atomic E-state index is 0.0524. The molecule has 2 N–H and O–H groups in total. The molecule has 10 nitrogen and oxygen atoms in total. The number of anilines is 2. The van der Waals surface area contributed by atoms with Crippen LogP contribution in [0.15, 0.2) is 47.4 Å². The van der Waals surface area contributed by atoms with Crippen molar-refractivity contribution in [3.05, 3.63) is 42.5 Å². The Labute approximate surface area is 222 Å². The third-order valence-electron chi connectivity index (χ3n) is 5.19. The Bertz CT molecular complexity index is 1360. The summed E-state index contributed by atoms with van der Waals surface area (Å²) < 4.78 is 100. The highest BCUT2D eigenvalue weighted by Gasteiger charge is 2.32. The van der Waals surface area contributed by atoms with Crippen LogP contribution >= 0.6 is 9.39 Å². The Morgan fingerprint density at radius 1 is 1.11 bits per heavy atom. The number of carbonyl (C=O) groups is 1. The number of benzene rings is 2. The van der Waals surface area contributed by atoms with Crippen LogP contribution < -0.4 is 23.6 Å². The SMILES string of the molecule is CCOc1cc(NC(=O)[C@@H](NS(C)(=O)=O)C(C)CC)ccc1S(=O)(=O)N(P)c1cccc(OC(F)(F)F)c1. The predicted molar refractivity (Wildman–Crippen MR) is 140 cm³/mol. The molecular formula is C22H29F3N3O7PS2. The monoisotopic (exact) mass is 599 g/mol. The molecule has 0 spiro atoms. The molecule has 0 saturated carbocycles. The molecule has 3 atom stereocenters. The van der Waals surface area contributed by atoms with Gasteiger partial charge in [0, 0.05) is 17.8 Å². The van der Waals surface area contributed by atoms with E-state index in [-0.39, 0.29) is 34.5 Å². The number of rotatable bonds is 12. The fraction of sp³-hybridized carbons (Fsp3) is 0.409. The van der Waals surface area contributed by atoms with Crippen LogP contribution in [-0.2, 0) is 24.8 Å². The molecule has 212 valence electrons. The van der Waals surface area contributed by atoms with Gasteiger partial charge in [0.2, 0.25) is 15.9 Å². The molecule has 2 aromatic carbocycles. The van der Waals surface area contributed by atoms with Crippen molar-refractivity contribution < 1.29 is 44.3 Å². The Balaban J connectivity index is 2.41. The van der Waals surface area contributed by atoms with Crippen molar-refractivity contribution in [2.45, 2.75) is 44.5 Å². The summed E-state index contributed by atoms with van der Waals surface area (Å²) in [4.78, 5) is 12.5. The highest BCUT2D eigenvalue weighted by molar-refractivity contribution is 7.96. The van der Waals surface area contributed by atoms with Gasteiger partial charge >= 0.3 is 6.36 Å². The average Bonchev–Trinajstić information content (AvgIpc) is 2.80. The zero-order chi connectivity index (χ0) is 28.9. The molecule has 0 aliphatic rings. The smallest absolute Gasteiger partial charge is 0.492 e. The molecule has 2 unspecified atom stereocenters. The van der Waals surface area contributed by atoms with Gasteiger partial charge < -0.3 is 14.8 Å². The van der Waals surface area contributed by atoms with Crippen LogP contribution in [0.1, 0.15) is 27.2 Å². The van der Waals surface area contributed by atoms with Crippen molar-refractivity contribution in [2.75, 3.05) is 22.3 Å². The molecule has 1 amide bonds. The first kappa shape index (κ1) is 31.6. The Morgan fingerprint density at radius 3 is 2.32 bits per heavy atom. The third-order valence-corrected chi connectivity index (χ3v) is 8.62. The van der Waals surface area contributed by atoms with Crippen molar-refractivity contribution in [1.82, 2.24) is 4.72 Å². The van der Waals surface area contributed by atoms with E-state index in [1.807, 2.05) is 9.39 Å². The normalized spacial score (nSPS) is 13.9. The van der Waals surface area contributed by atoms with Crippen LogP contribution in [0.3, 0.4) is 0 Å². The van der Waals surface area contributed by atoms with Crippen LogP contribution in [0.5, 0.6) is 11.5 Å². The number of nitrogens with zero attached hydrogens (tertiary/aromatic N) is 1. The summed E-state index contributed by atoms with van der Waals surface area (Å²) >= 11 is 0. The van der Waals surface area contributed by atoms with Gasteiger partial charge in [-0.25, -0.2) is 21.6 Å². The fourth-order valence-electron chi connectivity index (χ4n) is 3.24. The summed E-state index contributed by atoms with van der Waals surface area (Å²) in [6.45, 7) is 5.15. The molecule has 16 heteroatoms. The van der Waals surface area contributed by atoms with Crippen molar-refractivity contribution in [3.8, 4) is 11.5 Å². The Hall–Kier alpha value is -2.61. The van der Waals surface area contributed by atoms with E-state index in [0.29, 0.717) is 10.5 Å². The number of ether oxygens (including phenoxy) is 2. The van der Waals surface area contributed by atoms with Gasteiger partial charge in [0.05, 0.1) is 18.6 Å². The second kappa shape index (κ2) is 12.5. The quantitative estimate of drug-likeness (QED) is 0.354. The van der Waals surface area contributed by atoms with Gasteiger partial charge in [-0.15, -0.1) is 13.2 Å². The van der Waals surface area contributed by atoms with E-state index < -0.39 is 44.1 Å². The summed E-state index contributed by atoms with van der Waals surface area (Å²) in [5, 5.41) is 2.56. The number of halogens is 3. The van der Waals surface area contributed by atoms with Crippen molar-refractivity contribution in [1.29, 1.82) is 0 Å². The van der Waals surface area contributed by atoms with Crippen LogP contribution in [0.2, 0.25) is 0 Å². The predicted octanol–water partition coefficient (Wildman–Crippen LogP) is 3.87. The number of nitrogens with one attached hydrogen (secondary N) is 2. The van der Waals surface area contributed by atoms with E-state index in [9.17, 15) is 34.8 Å². The number of hydrogen-bond acceptors (Lipinski definition) is 7. The lowest BCUT2D eigenvalue weighted by Crippen LogP contribution is -2.47. The topological polar surface area (TPSA) is 131 Å². The maximum atomic E-state index is 13.3. The minimum Gasteiger partial charge on any atom is -0.492 e. The van der Waals surface area contributed by atoms with Crippen LogP contribution in [0.25, 0.3) is 0 Å². The lowest BCUT2D eigenvalue weighted by atomic mass is 9.99. The van der Waals surface area contributed by atoms with Gasteiger partial charge in [-0.05, 0) is 46.5 Å². The number of amides is 1. The average molecular weight is 600 g/mol. The van der Waals surface area contributed by atoms with E-state index in [1.54, 1.807) is 20.8 Å². The molecule has 0 saturated heterocycles. The first-order chi connectivity index (χ1) is 17.5. The summed E-state index contributed by atoms with van der Waals surface area (Å²) in [7, 11) is -6.15. The third kappa shape index (κ3) is 8.72. The van der Waals surface area contributed by atoms with Gasteiger partial charge in [0.25, 0.3) is 10.0 Å². The van der Waals surface area contributed by atoms with Gasteiger partial charge in [0.1, 0.15) is 22.4 Å². The Kier molecular flexibility index (Phi) is 10.4. The molecule has 0 heterocycles. The molecule has 0 radical (unpaired) electrons. The highest BCUT2D eigenvalue weighted by atomic mass is 32.2. The number of sulfonamides is 2.